The van der Waals surface area contributed by atoms with Crippen LogP contribution in [0.1, 0.15) is 25.8 Å². The lowest BCUT2D eigenvalue weighted by molar-refractivity contribution is 0.0394. The molecular formula is C12H16BrNO3. The average molecular weight is 302 g/mol. The molecule has 5 heteroatoms. The van der Waals surface area contributed by atoms with Gasteiger partial charge in [-0.2, -0.15) is 0 Å². The zero-order valence-electron chi connectivity index (χ0n) is 9.87. The van der Waals surface area contributed by atoms with E-state index in [-0.39, 0.29) is 5.75 Å². The summed E-state index contributed by atoms with van der Waals surface area (Å²) >= 11 is 3.25. The van der Waals surface area contributed by atoms with E-state index in [9.17, 15) is 9.90 Å². The third kappa shape index (κ3) is 4.65. The molecule has 1 aromatic carbocycles. The number of halogens is 1. The number of carbonyl (C=O) groups is 1. The van der Waals surface area contributed by atoms with Crippen molar-refractivity contribution in [3.63, 3.8) is 0 Å². The Bertz CT molecular complexity index is 418. The van der Waals surface area contributed by atoms with E-state index < -0.39 is 11.7 Å². The lowest BCUT2D eigenvalue weighted by atomic mass is 9.98. The molecule has 1 aromatic rings. The van der Waals surface area contributed by atoms with Crippen molar-refractivity contribution in [2.45, 2.75) is 32.3 Å². The number of hydrogen-bond donors (Lipinski definition) is 2. The van der Waals surface area contributed by atoms with Crippen LogP contribution in [0.3, 0.4) is 0 Å². The highest BCUT2D eigenvalue weighted by atomic mass is 79.9. The first kappa shape index (κ1) is 13.8. The summed E-state index contributed by atoms with van der Waals surface area (Å²) in [4.78, 5) is 10.7. The summed E-state index contributed by atoms with van der Waals surface area (Å²) in [5, 5.41) is 9.36. The Labute approximate surface area is 109 Å². The van der Waals surface area contributed by atoms with Crippen LogP contribution in [0.4, 0.5) is 4.79 Å². The fourth-order valence-corrected chi connectivity index (χ4v) is 1.90. The van der Waals surface area contributed by atoms with E-state index in [0.717, 1.165) is 12.0 Å². The molecule has 0 aliphatic rings. The molecule has 1 amide bonds. The van der Waals surface area contributed by atoms with Crippen LogP contribution in [0.25, 0.3) is 0 Å². The average Bonchev–Trinajstić information content (AvgIpc) is 2.18. The second-order valence-electron chi connectivity index (χ2n) is 4.47. The smallest absolute Gasteiger partial charge is 0.405 e. The van der Waals surface area contributed by atoms with Crippen molar-refractivity contribution in [3.8, 4) is 5.75 Å². The van der Waals surface area contributed by atoms with Gasteiger partial charge in [0.25, 0.3) is 0 Å². The summed E-state index contributed by atoms with van der Waals surface area (Å²) in [6.45, 7) is 3.63. The SMILES string of the molecule is CC(C)(CCc1ccc(O)c(Br)c1)OC(N)=O. The molecule has 0 saturated carbocycles. The summed E-state index contributed by atoms with van der Waals surface area (Å²) < 4.78 is 5.65. The minimum atomic E-state index is -0.762. The highest BCUT2D eigenvalue weighted by molar-refractivity contribution is 9.10. The number of nitrogens with two attached hydrogens (primary N) is 1. The summed E-state index contributed by atoms with van der Waals surface area (Å²) in [5.74, 6) is 0.210. The zero-order valence-corrected chi connectivity index (χ0v) is 11.5. The highest BCUT2D eigenvalue weighted by Crippen LogP contribution is 2.26. The van der Waals surface area contributed by atoms with Gasteiger partial charge in [-0.3, -0.25) is 0 Å². The molecule has 0 aliphatic carbocycles. The number of amides is 1. The zero-order chi connectivity index (χ0) is 13.1. The Morgan fingerprint density at radius 2 is 2.18 bits per heavy atom. The number of aromatic hydroxyl groups is 1. The Balaban J connectivity index is 2.60. The van der Waals surface area contributed by atoms with Crippen molar-refractivity contribution in [2.24, 2.45) is 5.73 Å². The summed E-state index contributed by atoms with van der Waals surface area (Å²) in [5.41, 5.74) is 5.45. The molecule has 0 saturated heterocycles. The molecule has 0 aliphatic heterocycles. The first-order valence-corrected chi connectivity index (χ1v) is 6.05. The molecule has 0 atom stereocenters. The maximum absolute atomic E-state index is 10.7. The number of primary amides is 1. The van der Waals surface area contributed by atoms with Crippen LogP contribution >= 0.6 is 15.9 Å². The van der Waals surface area contributed by atoms with E-state index in [4.69, 9.17) is 10.5 Å². The van der Waals surface area contributed by atoms with Gasteiger partial charge in [-0.25, -0.2) is 4.79 Å². The van der Waals surface area contributed by atoms with Gasteiger partial charge in [0.2, 0.25) is 0 Å². The number of hydrogen-bond acceptors (Lipinski definition) is 3. The van der Waals surface area contributed by atoms with Crippen LogP contribution < -0.4 is 5.73 Å². The molecule has 0 aromatic heterocycles. The molecule has 3 N–H and O–H groups in total. The maximum atomic E-state index is 10.7. The first-order valence-electron chi connectivity index (χ1n) is 5.26. The van der Waals surface area contributed by atoms with Crippen molar-refractivity contribution in [2.75, 3.05) is 0 Å². The molecule has 0 radical (unpaired) electrons. The normalized spacial score (nSPS) is 11.2. The van der Waals surface area contributed by atoms with Gasteiger partial charge in [0, 0.05) is 0 Å². The minimum Gasteiger partial charge on any atom is -0.507 e. The second kappa shape index (κ2) is 5.40. The van der Waals surface area contributed by atoms with Crippen molar-refractivity contribution < 1.29 is 14.6 Å². The van der Waals surface area contributed by atoms with Crippen LogP contribution in [-0.4, -0.2) is 16.8 Å². The van der Waals surface area contributed by atoms with Crippen LogP contribution in [0, 0.1) is 0 Å². The van der Waals surface area contributed by atoms with Crippen LogP contribution in [0.15, 0.2) is 22.7 Å². The predicted molar refractivity (Wildman–Crippen MR) is 68.9 cm³/mol. The summed E-state index contributed by atoms with van der Waals surface area (Å²) in [6, 6.07) is 5.30. The van der Waals surface area contributed by atoms with E-state index >= 15 is 0 Å². The van der Waals surface area contributed by atoms with Crippen molar-refractivity contribution in [1.82, 2.24) is 0 Å². The Morgan fingerprint density at radius 1 is 1.53 bits per heavy atom. The number of ether oxygens (including phenoxy) is 1. The van der Waals surface area contributed by atoms with Crippen molar-refractivity contribution >= 4 is 22.0 Å². The molecule has 1 rings (SSSR count). The predicted octanol–water partition coefficient (Wildman–Crippen LogP) is 2.96. The summed E-state index contributed by atoms with van der Waals surface area (Å²) in [6.07, 6.45) is 0.633. The van der Waals surface area contributed by atoms with E-state index in [1.807, 2.05) is 26.0 Å². The number of carbonyl (C=O) groups excluding carboxylic acids is 1. The molecular weight excluding hydrogens is 286 g/mol. The molecule has 17 heavy (non-hydrogen) atoms. The Hall–Kier alpha value is -1.23. The molecule has 0 fully saturated rings. The van der Waals surface area contributed by atoms with Crippen LogP contribution in [-0.2, 0) is 11.2 Å². The quantitative estimate of drug-likeness (QED) is 0.898. The van der Waals surface area contributed by atoms with Gasteiger partial charge in [-0.15, -0.1) is 0 Å². The van der Waals surface area contributed by atoms with E-state index in [1.54, 1.807) is 6.07 Å². The number of phenols is 1. The van der Waals surface area contributed by atoms with Gasteiger partial charge < -0.3 is 15.6 Å². The van der Waals surface area contributed by atoms with Gasteiger partial charge in [0.05, 0.1) is 4.47 Å². The topological polar surface area (TPSA) is 72.6 Å². The Kier molecular flexibility index (Phi) is 4.40. The number of rotatable bonds is 4. The lowest BCUT2D eigenvalue weighted by Crippen LogP contribution is -2.31. The third-order valence-electron chi connectivity index (χ3n) is 2.40. The third-order valence-corrected chi connectivity index (χ3v) is 3.04. The van der Waals surface area contributed by atoms with E-state index in [2.05, 4.69) is 15.9 Å². The van der Waals surface area contributed by atoms with Gasteiger partial charge in [0.1, 0.15) is 11.4 Å². The lowest BCUT2D eigenvalue weighted by Gasteiger charge is -2.23. The largest absolute Gasteiger partial charge is 0.507 e. The standard InChI is InChI=1S/C12H16BrNO3/c1-12(2,17-11(14)16)6-5-8-3-4-10(15)9(13)7-8/h3-4,7,15H,5-6H2,1-2H3,(H2,14,16). The van der Waals surface area contributed by atoms with Crippen LogP contribution in [0.5, 0.6) is 5.75 Å². The molecule has 0 unspecified atom stereocenters. The number of benzene rings is 1. The first-order chi connectivity index (χ1) is 7.80. The molecule has 4 nitrogen and oxygen atoms in total. The molecule has 0 bridgehead atoms. The van der Waals surface area contributed by atoms with Crippen molar-refractivity contribution in [3.05, 3.63) is 28.2 Å². The second-order valence-corrected chi connectivity index (χ2v) is 5.32. The molecule has 0 spiro atoms. The van der Waals surface area contributed by atoms with Crippen molar-refractivity contribution in [1.29, 1.82) is 0 Å². The monoisotopic (exact) mass is 301 g/mol. The van der Waals surface area contributed by atoms with Gasteiger partial charge >= 0.3 is 6.09 Å². The minimum absolute atomic E-state index is 0.210. The highest BCUT2D eigenvalue weighted by Gasteiger charge is 2.21. The van der Waals surface area contributed by atoms with E-state index in [1.165, 1.54) is 0 Å². The number of phenolic OH excluding ortho intramolecular Hbond substituents is 1. The van der Waals surface area contributed by atoms with Gasteiger partial charge in [0.15, 0.2) is 0 Å². The number of aryl methyl sites for hydroxylation is 1. The molecule has 0 heterocycles. The fraction of sp³-hybridized carbons (Fsp3) is 0.417. The maximum Gasteiger partial charge on any atom is 0.405 e. The fourth-order valence-electron chi connectivity index (χ4n) is 1.47. The van der Waals surface area contributed by atoms with Gasteiger partial charge in [-0.1, -0.05) is 6.07 Å². The summed E-state index contributed by atoms with van der Waals surface area (Å²) in [7, 11) is 0. The van der Waals surface area contributed by atoms with Gasteiger partial charge in [-0.05, 0) is 60.3 Å². The van der Waals surface area contributed by atoms with Crippen LogP contribution in [0.2, 0.25) is 0 Å². The molecule has 94 valence electrons. The Morgan fingerprint density at radius 3 is 2.71 bits per heavy atom. The van der Waals surface area contributed by atoms with E-state index in [0.29, 0.717) is 10.9 Å².